The van der Waals surface area contributed by atoms with Crippen molar-refractivity contribution < 1.29 is 37.6 Å². The molecule has 0 aliphatic heterocycles. The van der Waals surface area contributed by atoms with Crippen molar-refractivity contribution in [3.8, 4) is 0 Å². The highest BCUT2D eigenvalue weighted by atomic mass is 31.2. The van der Waals surface area contributed by atoms with E-state index in [2.05, 4.69) is 38.2 Å². The van der Waals surface area contributed by atoms with Gasteiger partial charge >= 0.3 is 19.8 Å². The van der Waals surface area contributed by atoms with Crippen LogP contribution in [0.3, 0.4) is 0 Å². The van der Waals surface area contributed by atoms with Crippen molar-refractivity contribution in [2.24, 2.45) is 5.73 Å². The first-order valence-corrected chi connectivity index (χ1v) is 33.8. The molecule has 10 heteroatoms. The van der Waals surface area contributed by atoms with E-state index in [0.29, 0.717) is 6.42 Å². The summed E-state index contributed by atoms with van der Waals surface area (Å²) in [6, 6.07) is 0. The van der Waals surface area contributed by atoms with Gasteiger partial charge < -0.3 is 20.1 Å². The maximum absolute atomic E-state index is 12.7. The number of phosphoric acid groups is 1. The van der Waals surface area contributed by atoms with Gasteiger partial charge in [-0.25, -0.2) is 4.57 Å². The van der Waals surface area contributed by atoms with Gasteiger partial charge in [-0.3, -0.25) is 18.6 Å². The Morgan fingerprint density at radius 1 is 0.405 bits per heavy atom. The maximum atomic E-state index is 12.7. The van der Waals surface area contributed by atoms with Gasteiger partial charge in [-0.1, -0.05) is 308 Å². The van der Waals surface area contributed by atoms with E-state index < -0.39 is 26.5 Å². The lowest BCUT2D eigenvalue weighted by atomic mass is 10.0. The highest BCUT2D eigenvalue weighted by Gasteiger charge is 2.26. The van der Waals surface area contributed by atoms with Gasteiger partial charge in [0, 0.05) is 19.4 Å². The fraction of sp³-hybridized carbons (Fsp3) is 0.906. The Morgan fingerprint density at radius 2 is 0.703 bits per heavy atom. The molecule has 0 heterocycles. The first kappa shape index (κ1) is 72.5. The largest absolute Gasteiger partial charge is 0.472 e. The third-order valence-corrected chi connectivity index (χ3v) is 15.6. The second-order valence-corrected chi connectivity index (χ2v) is 23.4. The van der Waals surface area contributed by atoms with E-state index in [1.807, 2.05) is 0 Å². The van der Waals surface area contributed by atoms with Crippen molar-refractivity contribution >= 4 is 19.8 Å². The lowest BCUT2D eigenvalue weighted by Crippen LogP contribution is -2.29. The summed E-state index contributed by atoms with van der Waals surface area (Å²) in [6.45, 7) is 3.80. The number of nitrogens with two attached hydrogens (primary N) is 1. The second kappa shape index (κ2) is 60.7. The Bertz CT molecular complexity index is 1260. The molecule has 0 bridgehead atoms. The number of ether oxygens (including phenoxy) is 2. The fourth-order valence-electron chi connectivity index (χ4n) is 9.79. The average molecular weight is 1070 g/mol. The van der Waals surface area contributed by atoms with Crippen LogP contribution in [0, 0.1) is 0 Å². The van der Waals surface area contributed by atoms with Gasteiger partial charge in [0.1, 0.15) is 6.61 Å². The molecule has 0 radical (unpaired) electrons. The molecule has 74 heavy (non-hydrogen) atoms. The number of esters is 2. The monoisotopic (exact) mass is 1070 g/mol. The van der Waals surface area contributed by atoms with Gasteiger partial charge in [0.2, 0.25) is 0 Å². The van der Waals surface area contributed by atoms with Crippen molar-refractivity contribution in [2.45, 2.75) is 347 Å². The molecule has 3 N–H and O–H groups in total. The summed E-state index contributed by atoms with van der Waals surface area (Å²) in [4.78, 5) is 35.2. The summed E-state index contributed by atoms with van der Waals surface area (Å²) in [7, 11) is -4.38. The molecule has 0 aliphatic rings. The molecule has 0 fully saturated rings. The number of carbonyl (C=O) groups is 2. The quantitative estimate of drug-likeness (QED) is 0.0264. The summed E-state index contributed by atoms with van der Waals surface area (Å²) in [5.41, 5.74) is 5.39. The molecule has 438 valence electrons. The molecule has 0 saturated carbocycles. The first-order chi connectivity index (χ1) is 36.3. The van der Waals surface area contributed by atoms with Crippen LogP contribution in [0.15, 0.2) is 24.3 Å². The zero-order valence-electron chi connectivity index (χ0n) is 49.1. The molecule has 0 aromatic carbocycles. The number of allylic oxidation sites excluding steroid dienone is 4. The van der Waals surface area contributed by atoms with Crippen LogP contribution in [0.4, 0.5) is 0 Å². The van der Waals surface area contributed by atoms with Crippen molar-refractivity contribution in [3.63, 3.8) is 0 Å². The molecule has 0 rings (SSSR count). The van der Waals surface area contributed by atoms with Crippen LogP contribution in [0.2, 0.25) is 0 Å². The van der Waals surface area contributed by atoms with Gasteiger partial charge in [0.25, 0.3) is 0 Å². The lowest BCUT2D eigenvalue weighted by Gasteiger charge is -2.19. The third-order valence-electron chi connectivity index (χ3n) is 14.6. The smallest absolute Gasteiger partial charge is 0.462 e. The van der Waals surface area contributed by atoms with Crippen LogP contribution < -0.4 is 5.73 Å². The van der Waals surface area contributed by atoms with E-state index in [1.165, 1.54) is 270 Å². The SMILES string of the molecule is CCCCCCC/C=C\C/C=C\CCCCCCCCCCCCCCCCCCCCCCCCCC(=O)OC(COC(=O)CCCCCCCCCCCCCCCCCCCC)COP(=O)(O)OCCN. The number of phosphoric ester groups is 1. The average Bonchev–Trinajstić information content (AvgIpc) is 3.39. The Kier molecular flexibility index (Phi) is 59.5. The van der Waals surface area contributed by atoms with Crippen LogP contribution >= 0.6 is 7.82 Å². The van der Waals surface area contributed by atoms with Gasteiger partial charge in [0.05, 0.1) is 13.2 Å². The van der Waals surface area contributed by atoms with Crippen LogP contribution in [0.5, 0.6) is 0 Å². The minimum atomic E-state index is -4.38. The van der Waals surface area contributed by atoms with Crippen LogP contribution in [0.1, 0.15) is 341 Å². The zero-order chi connectivity index (χ0) is 53.8. The Labute approximate surface area is 459 Å². The van der Waals surface area contributed by atoms with Crippen molar-refractivity contribution in [2.75, 3.05) is 26.4 Å². The molecule has 0 aromatic heterocycles. The standard InChI is InChI=1S/C64H124NO8P/c1-3-5-7-9-11-13-15-17-19-21-23-24-25-26-27-28-29-30-31-32-33-34-35-36-37-38-39-41-43-45-47-49-51-53-55-57-64(67)73-62(61-72-74(68,69)71-59-58-65)60-70-63(66)56-54-52-50-48-46-44-42-40-22-20-18-16-14-12-10-8-6-4-2/h15,17,21,23,62H,3-14,16,18-20,22,24-61,65H2,1-2H3,(H,68,69)/b17-15-,23-21-. The van der Waals surface area contributed by atoms with E-state index in [-0.39, 0.29) is 38.6 Å². The van der Waals surface area contributed by atoms with E-state index >= 15 is 0 Å². The summed E-state index contributed by atoms with van der Waals surface area (Å²) in [6.07, 6.45) is 72.6. The molecule has 2 atom stereocenters. The van der Waals surface area contributed by atoms with Crippen LogP contribution in [-0.2, 0) is 32.7 Å². The molecule has 0 aromatic rings. The zero-order valence-corrected chi connectivity index (χ0v) is 50.0. The Hall–Kier alpha value is -1.51. The predicted molar refractivity (Wildman–Crippen MR) is 317 cm³/mol. The molecule has 0 saturated heterocycles. The molecule has 9 nitrogen and oxygen atoms in total. The lowest BCUT2D eigenvalue weighted by molar-refractivity contribution is -0.161. The Balaban J connectivity index is 3.80. The number of unbranched alkanes of at least 4 members (excludes halogenated alkanes) is 45. The topological polar surface area (TPSA) is 134 Å². The molecule has 2 unspecified atom stereocenters. The van der Waals surface area contributed by atoms with Crippen molar-refractivity contribution in [1.29, 1.82) is 0 Å². The van der Waals surface area contributed by atoms with Crippen molar-refractivity contribution in [1.82, 2.24) is 0 Å². The Morgan fingerprint density at radius 3 is 1.03 bits per heavy atom. The predicted octanol–water partition coefficient (Wildman–Crippen LogP) is 20.6. The van der Waals surface area contributed by atoms with E-state index in [4.69, 9.17) is 24.3 Å². The number of hydrogen-bond acceptors (Lipinski definition) is 8. The third kappa shape index (κ3) is 59.7. The summed E-state index contributed by atoms with van der Waals surface area (Å²) < 4.78 is 33.1. The first-order valence-electron chi connectivity index (χ1n) is 32.3. The van der Waals surface area contributed by atoms with Crippen LogP contribution in [-0.4, -0.2) is 49.3 Å². The minimum Gasteiger partial charge on any atom is -0.462 e. The highest BCUT2D eigenvalue weighted by Crippen LogP contribution is 2.43. The molecule has 0 spiro atoms. The van der Waals surface area contributed by atoms with Crippen LogP contribution in [0.25, 0.3) is 0 Å². The molecule has 0 amide bonds. The van der Waals surface area contributed by atoms with E-state index in [1.54, 1.807) is 0 Å². The van der Waals surface area contributed by atoms with Gasteiger partial charge in [0.15, 0.2) is 6.10 Å². The number of rotatable bonds is 62. The summed E-state index contributed by atoms with van der Waals surface area (Å²) in [5, 5.41) is 0. The van der Waals surface area contributed by atoms with Gasteiger partial charge in [-0.05, 0) is 44.9 Å². The highest BCUT2D eigenvalue weighted by molar-refractivity contribution is 7.47. The van der Waals surface area contributed by atoms with Gasteiger partial charge in [-0.15, -0.1) is 0 Å². The normalized spacial score (nSPS) is 13.1. The number of hydrogen-bond donors (Lipinski definition) is 2. The summed E-state index contributed by atoms with van der Waals surface area (Å²) >= 11 is 0. The minimum absolute atomic E-state index is 0.0572. The summed E-state index contributed by atoms with van der Waals surface area (Å²) in [5.74, 6) is -0.805. The van der Waals surface area contributed by atoms with E-state index in [0.717, 1.165) is 38.5 Å². The number of carbonyl (C=O) groups excluding carboxylic acids is 2. The molecule has 0 aliphatic carbocycles. The van der Waals surface area contributed by atoms with Gasteiger partial charge in [-0.2, -0.15) is 0 Å². The van der Waals surface area contributed by atoms with E-state index in [9.17, 15) is 19.0 Å². The molecular formula is C64H124NO8P. The maximum Gasteiger partial charge on any atom is 0.472 e. The fourth-order valence-corrected chi connectivity index (χ4v) is 10.6. The molecular weight excluding hydrogens is 942 g/mol. The second-order valence-electron chi connectivity index (χ2n) is 22.0. The van der Waals surface area contributed by atoms with Crippen molar-refractivity contribution in [3.05, 3.63) is 24.3 Å².